The fraction of sp³-hybridized carbons (Fsp3) is 0.800. The van der Waals surface area contributed by atoms with Crippen LogP contribution in [-0.4, -0.2) is 37.3 Å². The van der Waals surface area contributed by atoms with Crippen LogP contribution < -0.4 is 0 Å². The standard InChI is InChI=1S/C10H16O5S/c1-16(14,15)7-6-10(9(12)13)4-2-8(11)3-5-10/h2-7H2,1H3,(H,12,13). The van der Waals surface area contributed by atoms with Gasteiger partial charge in [-0.3, -0.25) is 9.59 Å². The number of hydrogen-bond acceptors (Lipinski definition) is 4. The lowest BCUT2D eigenvalue weighted by atomic mass is 9.72. The van der Waals surface area contributed by atoms with Crippen LogP contribution in [0.3, 0.4) is 0 Å². The molecule has 6 heteroatoms. The number of carboxylic acids is 1. The Hall–Kier alpha value is -0.910. The van der Waals surface area contributed by atoms with E-state index in [4.69, 9.17) is 5.11 Å². The summed E-state index contributed by atoms with van der Waals surface area (Å²) in [6, 6.07) is 0. The first-order chi connectivity index (χ1) is 7.25. The molecule has 1 aliphatic rings. The van der Waals surface area contributed by atoms with Gasteiger partial charge in [0.15, 0.2) is 0 Å². The number of Topliss-reactive ketones (excluding diaryl/α,β-unsaturated/α-hetero) is 1. The van der Waals surface area contributed by atoms with Gasteiger partial charge in [0.25, 0.3) is 0 Å². The molecule has 0 aromatic heterocycles. The van der Waals surface area contributed by atoms with Crippen molar-refractivity contribution in [3.05, 3.63) is 0 Å². The van der Waals surface area contributed by atoms with Crippen molar-refractivity contribution in [1.82, 2.24) is 0 Å². The maximum Gasteiger partial charge on any atom is 0.309 e. The zero-order valence-electron chi connectivity index (χ0n) is 9.23. The Labute approximate surface area is 94.8 Å². The third kappa shape index (κ3) is 3.30. The summed E-state index contributed by atoms with van der Waals surface area (Å²) in [5.41, 5.74) is -1.02. The number of carbonyl (C=O) groups is 2. The Morgan fingerprint density at radius 3 is 2.25 bits per heavy atom. The number of carboxylic acid groups (broad SMARTS) is 1. The molecule has 0 radical (unpaired) electrons. The van der Waals surface area contributed by atoms with Gasteiger partial charge in [-0.2, -0.15) is 0 Å². The van der Waals surface area contributed by atoms with E-state index in [1.165, 1.54) is 0 Å². The van der Waals surface area contributed by atoms with E-state index >= 15 is 0 Å². The molecule has 1 fully saturated rings. The SMILES string of the molecule is CS(=O)(=O)CCC1(C(=O)O)CCC(=O)CC1. The Morgan fingerprint density at radius 1 is 1.38 bits per heavy atom. The molecule has 0 heterocycles. The molecule has 16 heavy (non-hydrogen) atoms. The molecule has 0 aliphatic heterocycles. The van der Waals surface area contributed by atoms with Crippen molar-refractivity contribution < 1.29 is 23.1 Å². The summed E-state index contributed by atoms with van der Waals surface area (Å²) < 4.78 is 22.1. The van der Waals surface area contributed by atoms with Crippen LogP contribution >= 0.6 is 0 Å². The van der Waals surface area contributed by atoms with Gasteiger partial charge in [-0.05, 0) is 19.3 Å². The van der Waals surface area contributed by atoms with Gasteiger partial charge in [0.05, 0.1) is 11.2 Å². The third-order valence-corrected chi connectivity index (χ3v) is 4.12. The van der Waals surface area contributed by atoms with Crippen LogP contribution in [0.15, 0.2) is 0 Å². The normalized spacial score (nSPS) is 20.7. The summed E-state index contributed by atoms with van der Waals surface area (Å²) in [7, 11) is -3.16. The minimum absolute atomic E-state index is 0.0660. The number of ketones is 1. The number of carbonyl (C=O) groups excluding carboxylic acids is 1. The Kier molecular flexibility index (Phi) is 3.72. The molecular weight excluding hydrogens is 232 g/mol. The maximum atomic E-state index is 11.2. The van der Waals surface area contributed by atoms with Crippen molar-refractivity contribution in [3.63, 3.8) is 0 Å². The molecule has 92 valence electrons. The lowest BCUT2D eigenvalue weighted by Crippen LogP contribution is -2.37. The number of hydrogen-bond donors (Lipinski definition) is 1. The molecule has 1 aliphatic carbocycles. The predicted molar refractivity (Wildman–Crippen MR) is 57.9 cm³/mol. The monoisotopic (exact) mass is 248 g/mol. The predicted octanol–water partition coefficient (Wildman–Crippen LogP) is 0.635. The molecule has 5 nitrogen and oxygen atoms in total. The number of rotatable bonds is 4. The van der Waals surface area contributed by atoms with Gasteiger partial charge in [-0.15, -0.1) is 0 Å². The molecule has 0 bridgehead atoms. The quantitative estimate of drug-likeness (QED) is 0.788. The third-order valence-electron chi connectivity index (χ3n) is 3.17. The van der Waals surface area contributed by atoms with Crippen molar-refractivity contribution in [3.8, 4) is 0 Å². The average Bonchev–Trinajstić information content (AvgIpc) is 2.16. The van der Waals surface area contributed by atoms with Crippen molar-refractivity contribution in [2.45, 2.75) is 32.1 Å². The van der Waals surface area contributed by atoms with Gasteiger partial charge in [-0.1, -0.05) is 0 Å². The lowest BCUT2D eigenvalue weighted by Gasteiger charge is -2.32. The van der Waals surface area contributed by atoms with E-state index in [1.807, 2.05) is 0 Å². The van der Waals surface area contributed by atoms with E-state index in [0.717, 1.165) is 6.26 Å². The van der Waals surface area contributed by atoms with E-state index in [1.54, 1.807) is 0 Å². The molecule has 0 saturated heterocycles. The van der Waals surface area contributed by atoms with Gasteiger partial charge in [0.2, 0.25) is 0 Å². The first-order valence-electron chi connectivity index (χ1n) is 5.18. The number of aliphatic carboxylic acids is 1. The highest BCUT2D eigenvalue weighted by Gasteiger charge is 2.41. The molecule has 0 amide bonds. The molecule has 1 rings (SSSR count). The Morgan fingerprint density at radius 2 is 1.88 bits per heavy atom. The molecule has 0 unspecified atom stereocenters. The van der Waals surface area contributed by atoms with E-state index < -0.39 is 21.2 Å². The van der Waals surface area contributed by atoms with Gasteiger partial charge in [0.1, 0.15) is 15.6 Å². The maximum absolute atomic E-state index is 11.2. The van der Waals surface area contributed by atoms with Crippen molar-refractivity contribution in [2.75, 3.05) is 12.0 Å². The van der Waals surface area contributed by atoms with Crippen molar-refractivity contribution in [2.24, 2.45) is 5.41 Å². The van der Waals surface area contributed by atoms with Gasteiger partial charge in [-0.25, -0.2) is 8.42 Å². The zero-order chi connectivity index (χ0) is 12.4. The van der Waals surface area contributed by atoms with Gasteiger partial charge >= 0.3 is 5.97 Å². The highest BCUT2D eigenvalue weighted by molar-refractivity contribution is 7.90. The second kappa shape index (κ2) is 4.53. The minimum atomic E-state index is -3.16. The molecular formula is C10H16O5S. The van der Waals surface area contributed by atoms with Crippen molar-refractivity contribution in [1.29, 1.82) is 0 Å². The van der Waals surface area contributed by atoms with E-state index in [9.17, 15) is 18.0 Å². The Bertz CT molecular complexity index is 385. The molecule has 0 aromatic rings. The molecule has 0 spiro atoms. The van der Waals surface area contributed by atoms with E-state index in [-0.39, 0.29) is 43.6 Å². The highest BCUT2D eigenvalue weighted by Crippen LogP contribution is 2.38. The Balaban J connectivity index is 2.74. The largest absolute Gasteiger partial charge is 0.481 e. The first kappa shape index (κ1) is 13.2. The van der Waals surface area contributed by atoms with E-state index in [2.05, 4.69) is 0 Å². The summed E-state index contributed by atoms with van der Waals surface area (Å²) >= 11 is 0. The van der Waals surface area contributed by atoms with Crippen LogP contribution in [0.5, 0.6) is 0 Å². The molecule has 0 atom stereocenters. The van der Waals surface area contributed by atoms with E-state index in [0.29, 0.717) is 0 Å². The number of sulfone groups is 1. The molecule has 1 saturated carbocycles. The summed E-state index contributed by atoms with van der Waals surface area (Å²) in [4.78, 5) is 22.3. The van der Waals surface area contributed by atoms with Crippen LogP contribution in [0.2, 0.25) is 0 Å². The van der Waals surface area contributed by atoms with Crippen LogP contribution in [0, 0.1) is 5.41 Å². The smallest absolute Gasteiger partial charge is 0.309 e. The highest BCUT2D eigenvalue weighted by atomic mass is 32.2. The first-order valence-corrected chi connectivity index (χ1v) is 7.24. The second-order valence-corrected chi connectivity index (χ2v) is 6.76. The fourth-order valence-corrected chi connectivity index (χ4v) is 2.72. The van der Waals surface area contributed by atoms with Crippen LogP contribution in [-0.2, 0) is 19.4 Å². The second-order valence-electron chi connectivity index (χ2n) is 4.50. The summed E-state index contributed by atoms with van der Waals surface area (Å²) in [6.07, 6.45) is 2.21. The average molecular weight is 248 g/mol. The van der Waals surface area contributed by atoms with Crippen LogP contribution in [0.4, 0.5) is 0 Å². The topological polar surface area (TPSA) is 88.5 Å². The van der Waals surface area contributed by atoms with Crippen LogP contribution in [0.1, 0.15) is 32.1 Å². The van der Waals surface area contributed by atoms with Crippen molar-refractivity contribution >= 4 is 21.6 Å². The summed E-state index contributed by atoms with van der Waals surface area (Å²) in [6.45, 7) is 0. The van der Waals surface area contributed by atoms with Gasteiger partial charge < -0.3 is 5.11 Å². The lowest BCUT2D eigenvalue weighted by molar-refractivity contribution is -0.152. The van der Waals surface area contributed by atoms with Crippen LogP contribution in [0.25, 0.3) is 0 Å². The van der Waals surface area contributed by atoms with Gasteiger partial charge in [0, 0.05) is 19.1 Å². The molecule has 0 aromatic carbocycles. The molecule has 1 N–H and O–H groups in total. The summed E-state index contributed by atoms with van der Waals surface area (Å²) in [5, 5.41) is 9.17. The zero-order valence-corrected chi connectivity index (χ0v) is 10.0. The fourth-order valence-electron chi connectivity index (χ4n) is 1.96. The minimum Gasteiger partial charge on any atom is -0.481 e. The summed E-state index contributed by atoms with van der Waals surface area (Å²) in [5.74, 6) is -1.05.